The molecular weight excluding hydrogens is 326 g/mol. The van der Waals surface area contributed by atoms with Crippen LogP contribution in [-0.4, -0.2) is 48.2 Å². The number of hydrogen-bond donors (Lipinski definition) is 1. The Labute approximate surface area is 153 Å². The number of methoxy groups -OCH3 is 1. The number of aromatic nitrogens is 2. The van der Waals surface area contributed by atoms with Gasteiger partial charge in [-0.05, 0) is 36.4 Å². The molecule has 0 saturated carbocycles. The van der Waals surface area contributed by atoms with Crippen LogP contribution in [0.2, 0.25) is 0 Å². The molecule has 0 spiro atoms. The van der Waals surface area contributed by atoms with E-state index in [2.05, 4.69) is 31.9 Å². The Kier molecular flexibility index (Phi) is 4.58. The third-order valence-corrected chi connectivity index (χ3v) is 4.85. The third kappa shape index (κ3) is 3.41. The van der Waals surface area contributed by atoms with Crippen LogP contribution in [0, 0.1) is 0 Å². The van der Waals surface area contributed by atoms with Crippen molar-refractivity contribution in [2.75, 3.05) is 43.9 Å². The van der Waals surface area contributed by atoms with Crippen molar-refractivity contribution in [1.82, 2.24) is 14.9 Å². The molecule has 0 radical (unpaired) electrons. The first kappa shape index (κ1) is 16.6. The van der Waals surface area contributed by atoms with Crippen LogP contribution in [0.15, 0.2) is 48.5 Å². The van der Waals surface area contributed by atoms with E-state index in [1.54, 1.807) is 7.11 Å². The summed E-state index contributed by atoms with van der Waals surface area (Å²) >= 11 is 0. The molecule has 4 rings (SSSR count). The molecule has 3 aromatic rings. The van der Waals surface area contributed by atoms with Gasteiger partial charge in [0.05, 0.1) is 19.2 Å². The Bertz CT molecular complexity index is 888. The second-order valence-electron chi connectivity index (χ2n) is 6.50. The van der Waals surface area contributed by atoms with Gasteiger partial charge in [-0.1, -0.05) is 12.1 Å². The number of hydrogen-bond acceptors (Lipinski definition) is 6. The van der Waals surface area contributed by atoms with E-state index in [1.807, 2.05) is 36.4 Å². The number of para-hydroxylation sites is 1. The topological polar surface area (TPSA) is 67.5 Å². The van der Waals surface area contributed by atoms with Crippen molar-refractivity contribution in [3.63, 3.8) is 0 Å². The number of nitrogen functional groups attached to an aromatic ring is 1. The van der Waals surface area contributed by atoms with Gasteiger partial charge >= 0.3 is 0 Å². The van der Waals surface area contributed by atoms with Crippen molar-refractivity contribution in [2.45, 2.75) is 6.54 Å². The third-order valence-electron chi connectivity index (χ3n) is 4.85. The number of anilines is 2. The van der Waals surface area contributed by atoms with Crippen LogP contribution in [0.1, 0.15) is 5.82 Å². The molecule has 0 bridgehead atoms. The highest BCUT2D eigenvalue weighted by atomic mass is 16.5. The van der Waals surface area contributed by atoms with Crippen LogP contribution >= 0.6 is 0 Å². The van der Waals surface area contributed by atoms with Gasteiger partial charge in [-0.25, -0.2) is 9.97 Å². The van der Waals surface area contributed by atoms with E-state index in [-0.39, 0.29) is 0 Å². The number of ether oxygens (including phenoxy) is 1. The molecular formula is C20H23N5O. The van der Waals surface area contributed by atoms with Crippen molar-refractivity contribution in [2.24, 2.45) is 0 Å². The molecule has 26 heavy (non-hydrogen) atoms. The van der Waals surface area contributed by atoms with Gasteiger partial charge in [0.15, 0.2) is 0 Å². The molecule has 1 aliphatic heterocycles. The number of piperazine rings is 1. The van der Waals surface area contributed by atoms with E-state index in [9.17, 15) is 0 Å². The zero-order valence-electron chi connectivity index (χ0n) is 14.9. The molecule has 1 aliphatic rings. The first-order valence-electron chi connectivity index (χ1n) is 8.85. The fraction of sp³-hybridized carbons (Fsp3) is 0.300. The van der Waals surface area contributed by atoms with Crippen LogP contribution in [0.5, 0.6) is 5.75 Å². The number of nitrogens with zero attached hydrogens (tertiary/aromatic N) is 4. The first-order valence-corrected chi connectivity index (χ1v) is 8.85. The molecule has 6 heteroatoms. The van der Waals surface area contributed by atoms with Gasteiger partial charge in [0.1, 0.15) is 17.4 Å². The minimum Gasteiger partial charge on any atom is -0.497 e. The summed E-state index contributed by atoms with van der Waals surface area (Å²) < 4.78 is 5.23. The average Bonchev–Trinajstić information content (AvgIpc) is 2.69. The summed E-state index contributed by atoms with van der Waals surface area (Å²) in [7, 11) is 1.69. The Hall–Kier alpha value is -2.86. The van der Waals surface area contributed by atoms with E-state index in [1.165, 1.54) is 5.69 Å². The van der Waals surface area contributed by atoms with Crippen LogP contribution in [0.25, 0.3) is 10.9 Å². The maximum absolute atomic E-state index is 6.10. The van der Waals surface area contributed by atoms with Crippen molar-refractivity contribution in [3.05, 3.63) is 54.4 Å². The summed E-state index contributed by atoms with van der Waals surface area (Å²) in [5, 5.41) is 0.917. The van der Waals surface area contributed by atoms with Crippen molar-refractivity contribution in [1.29, 1.82) is 0 Å². The second-order valence-corrected chi connectivity index (χ2v) is 6.50. The average molecular weight is 349 g/mol. The van der Waals surface area contributed by atoms with Gasteiger partial charge in [0, 0.05) is 37.3 Å². The second kappa shape index (κ2) is 7.17. The minimum absolute atomic E-state index is 0.558. The van der Waals surface area contributed by atoms with Gasteiger partial charge in [0.2, 0.25) is 0 Å². The predicted octanol–water partition coefficient (Wildman–Crippen LogP) is 2.54. The molecule has 0 aliphatic carbocycles. The molecule has 1 fully saturated rings. The Balaban J connectivity index is 1.40. The number of fused-ring (bicyclic) bond motifs is 1. The van der Waals surface area contributed by atoms with Crippen LogP contribution in [-0.2, 0) is 6.54 Å². The summed E-state index contributed by atoms with van der Waals surface area (Å²) in [6.07, 6.45) is 0. The Morgan fingerprint density at radius 1 is 0.962 bits per heavy atom. The minimum atomic E-state index is 0.558. The van der Waals surface area contributed by atoms with Gasteiger partial charge in [-0.3, -0.25) is 4.90 Å². The summed E-state index contributed by atoms with van der Waals surface area (Å²) in [5.74, 6) is 2.24. The lowest BCUT2D eigenvalue weighted by Gasteiger charge is -2.35. The van der Waals surface area contributed by atoms with E-state index in [0.717, 1.165) is 55.2 Å². The maximum atomic E-state index is 6.10. The van der Waals surface area contributed by atoms with E-state index in [4.69, 9.17) is 10.5 Å². The zero-order chi connectivity index (χ0) is 17.9. The predicted molar refractivity (Wildman–Crippen MR) is 104 cm³/mol. The smallest absolute Gasteiger partial charge is 0.145 e. The highest BCUT2D eigenvalue weighted by Gasteiger charge is 2.18. The molecule has 2 N–H and O–H groups in total. The molecule has 2 heterocycles. The molecule has 134 valence electrons. The van der Waals surface area contributed by atoms with Crippen LogP contribution < -0.4 is 15.4 Å². The molecule has 0 atom stereocenters. The lowest BCUT2D eigenvalue weighted by Crippen LogP contribution is -2.46. The highest BCUT2D eigenvalue weighted by molar-refractivity contribution is 5.87. The quantitative estimate of drug-likeness (QED) is 0.781. The summed E-state index contributed by atoms with van der Waals surface area (Å²) in [5.41, 5.74) is 8.24. The molecule has 1 aromatic heterocycles. The van der Waals surface area contributed by atoms with Crippen molar-refractivity contribution < 1.29 is 4.74 Å². The maximum Gasteiger partial charge on any atom is 0.145 e. The molecule has 2 aromatic carbocycles. The van der Waals surface area contributed by atoms with Gasteiger partial charge in [-0.15, -0.1) is 0 Å². The van der Waals surface area contributed by atoms with E-state index >= 15 is 0 Å². The molecule has 6 nitrogen and oxygen atoms in total. The SMILES string of the molecule is COc1ccc(N2CCN(Cc3nc(N)c4ccccc4n3)CC2)cc1. The fourth-order valence-corrected chi connectivity index (χ4v) is 3.38. The van der Waals surface area contributed by atoms with Gasteiger partial charge in [0.25, 0.3) is 0 Å². The Morgan fingerprint density at radius 3 is 2.42 bits per heavy atom. The molecule has 0 amide bonds. The lowest BCUT2D eigenvalue weighted by molar-refractivity contribution is 0.244. The number of rotatable bonds is 4. The van der Waals surface area contributed by atoms with Crippen LogP contribution in [0.3, 0.4) is 0 Å². The lowest BCUT2D eigenvalue weighted by atomic mass is 10.2. The number of nitrogens with two attached hydrogens (primary N) is 1. The normalized spacial score (nSPS) is 15.3. The van der Waals surface area contributed by atoms with Crippen molar-refractivity contribution in [3.8, 4) is 5.75 Å². The fourth-order valence-electron chi connectivity index (χ4n) is 3.38. The number of benzene rings is 2. The van der Waals surface area contributed by atoms with Gasteiger partial charge < -0.3 is 15.4 Å². The summed E-state index contributed by atoms with van der Waals surface area (Å²) in [6, 6.07) is 16.1. The Morgan fingerprint density at radius 2 is 1.69 bits per heavy atom. The van der Waals surface area contributed by atoms with E-state index < -0.39 is 0 Å². The van der Waals surface area contributed by atoms with Crippen molar-refractivity contribution >= 4 is 22.4 Å². The van der Waals surface area contributed by atoms with E-state index in [0.29, 0.717) is 5.82 Å². The summed E-state index contributed by atoms with van der Waals surface area (Å²) in [6.45, 7) is 4.64. The molecule has 0 unspecified atom stereocenters. The largest absolute Gasteiger partial charge is 0.497 e. The highest BCUT2D eigenvalue weighted by Crippen LogP contribution is 2.21. The monoisotopic (exact) mass is 349 g/mol. The standard InChI is InChI=1S/C20H23N5O/c1-26-16-8-6-15(7-9-16)25-12-10-24(11-13-25)14-19-22-18-5-3-2-4-17(18)20(21)23-19/h2-9H,10-14H2,1H3,(H2,21,22,23). The molecule has 1 saturated heterocycles. The summed E-state index contributed by atoms with van der Waals surface area (Å²) in [4.78, 5) is 13.9. The van der Waals surface area contributed by atoms with Crippen LogP contribution in [0.4, 0.5) is 11.5 Å². The zero-order valence-corrected chi connectivity index (χ0v) is 14.9. The van der Waals surface area contributed by atoms with Gasteiger partial charge in [-0.2, -0.15) is 0 Å². The first-order chi connectivity index (χ1) is 12.7.